The number of benzene rings is 2. The highest BCUT2D eigenvalue weighted by Crippen LogP contribution is 2.30. The van der Waals surface area contributed by atoms with Gasteiger partial charge in [0.25, 0.3) is 0 Å². The molecule has 25 heavy (non-hydrogen) atoms. The predicted octanol–water partition coefficient (Wildman–Crippen LogP) is 5.29. The molecule has 0 amide bonds. The molecule has 3 rings (SSSR count). The molecule has 3 aromatic rings. The van der Waals surface area contributed by atoms with Gasteiger partial charge in [-0.15, -0.1) is 0 Å². The minimum Gasteiger partial charge on any atom is -0.340 e. The van der Waals surface area contributed by atoms with Gasteiger partial charge in [-0.1, -0.05) is 18.2 Å². The fraction of sp³-hybridized carbons (Fsp3) is 0.111. The number of para-hydroxylation sites is 1. The molecule has 0 unspecified atom stereocenters. The second-order valence-corrected chi connectivity index (χ2v) is 5.41. The van der Waals surface area contributed by atoms with Crippen molar-refractivity contribution in [1.29, 1.82) is 0 Å². The lowest BCUT2D eigenvalue weighted by Crippen LogP contribution is -2.05. The fourth-order valence-corrected chi connectivity index (χ4v) is 2.23. The lowest BCUT2D eigenvalue weighted by molar-refractivity contribution is -0.137. The van der Waals surface area contributed by atoms with Gasteiger partial charge in [0.15, 0.2) is 0 Å². The predicted molar refractivity (Wildman–Crippen MR) is 91.2 cm³/mol. The van der Waals surface area contributed by atoms with Crippen LogP contribution in [0.5, 0.6) is 0 Å². The van der Waals surface area contributed by atoms with Crippen LogP contribution < -0.4 is 10.6 Å². The highest BCUT2D eigenvalue weighted by atomic mass is 19.4. The van der Waals surface area contributed by atoms with Crippen LogP contribution in [-0.4, -0.2) is 9.97 Å². The van der Waals surface area contributed by atoms with Gasteiger partial charge < -0.3 is 10.6 Å². The number of hydrogen-bond donors (Lipinski definition) is 2. The third-order valence-electron chi connectivity index (χ3n) is 3.37. The molecular formula is C18H15F3N4. The first-order valence-electron chi connectivity index (χ1n) is 7.52. The number of aromatic nitrogens is 2. The van der Waals surface area contributed by atoms with E-state index in [1.54, 1.807) is 6.07 Å². The molecule has 0 aliphatic carbocycles. The maximum Gasteiger partial charge on any atom is 0.416 e. The number of aryl methyl sites for hydroxylation is 1. The zero-order chi connectivity index (χ0) is 17.9. The molecule has 0 atom stereocenters. The van der Waals surface area contributed by atoms with Crippen LogP contribution in [0.3, 0.4) is 0 Å². The van der Waals surface area contributed by atoms with Crippen molar-refractivity contribution in [1.82, 2.24) is 9.97 Å². The number of nitrogens with one attached hydrogen (secondary N) is 2. The second-order valence-electron chi connectivity index (χ2n) is 5.41. The highest BCUT2D eigenvalue weighted by molar-refractivity contribution is 5.60. The lowest BCUT2D eigenvalue weighted by Gasteiger charge is -2.11. The maximum absolute atomic E-state index is 12.6. The van der Waals surface area contributed by atoms with Gasteiger partial charge in [-0.2, -0.15) is 18.2 Å². The van der Waals surface area contributed by atoms with E-state index in [-0.39, 0.29) is 0 Å². The van der Waals surface area contributed by atoms with E-state index in [0.29, 0.717) is 17.5 Å². The third kappa shape index (κ3) is 4.47. The van der Waals surface area contributed by atoms with Crippen LogP contribution >= 0.6 is 0 Å². The van der Waals surface area contributed by atoms with Crippen LogP contribution in [0, 0.1) is 6.92 Å². The van der Waals surface area contributed by atoms with E-state index in [9.17, 15) is 13.2 Å². The van der Waals surface area contributed by atoms with Gasteiger partial charge in [-0.3, -0.25) is 0 Å². The van der Waals surface area contributed by atoms with E-state index in [2.05, 4.69) is 20.6 Å². The summed E-state index contributed by atoms with van der Waals surface area (Å²) in [6.07, 6.45) is -4.35. The normalized spacial score (nSPS) is 11.2. The molecule has 0 bridgehead atoms. The molecule has 4 nitrogen and oxygen atoms in total. The molecule has 0 saturated heterocycles. The van der Waals surface area contributed by atoms with Gasteiger partial charge in [-0.25, -0.2) is 4.98 Å². The first-order chi connectivity index (χ1) is 11.9. The molecule has 1 heterocycles. The van der Waals surface area contributed by atoms with Crippen molar-refractivity contribution in [3.63, 3.8) is 0 Å². The van der Waals surface area contributed by atoms with Crippen molar-refractivity contribution in [3.8, 4) is 0 Å². The molecular weight excluding hydrogens is 329 g/mol. The molecule has 128 valence electrons. The Hall–Kier alpha value is -3.09. The van der Waals surface area contributed by atoms with Crippen LogP contribution in [0.4, 0.5) is 36.3 Å². The van der Waals surface area contributed by atoms with E-state index in [1.165, 1.54) is 12.1 Å². The summed E-state index contributed by atoms with van der Waals surface area (Å²) in [5, 5.41) is 6.08. The molecule has 0 aliphatic rings. The Bertz CT molecular complexity index is 846. The first-order valence-corrected chi connectivity index (χ1v) is 7.52. The van der Waals surface area contributed by atoms with Crippen molar-refractivity contribution in [2.75, 3.05) is 10.6 Å². The molecule has 0 spiro atoms. The average Bonchev–Trinajstić information content (AvgIpc) is 2.55. The van der Waals surface area contributed by atoms with Gasteiger partial charge in [0.1, 0.15) is 5.82 Å². The third-order valence-corrected chi connectivity index (χ3v) is 3.37. The van der Waals surface area contributed by atoms with Crippen molar-refractivity contribution in [2.45, 2.75) is 13.1 Å². The van der Waals surface area contributed by atoms with Crippen LogP contribution in [0.15, 0.2) is 60.7 Å². The Morgan fingerprint density at radius 2 is 1.44 bits per heavy atom. The van der Waals surface area contributed by atoms with Crippen molar-refractivity contribution in [2.24, 2.45) is 0 Å². The van der Waals surface area contributed by atoms with Crippen LogP contribution in [0.1, 0.15) is 11.3 Å². The molecule has 0 aliphatic heterocycles. The minimum atomic E-state index is -4.35. The zero-order valence-electron chi connectivity index (χ0n) is 13.3. The van der Waals surface area contributed by atoms with Gasteiger partial charge in [0, 0.05) is 23.1 Å². The standard InChI is InChI=1S/C18H15F3N4/c1-12-11-16(23-15-9-7-13(8-10-15)18(19,20)21)25-17(22-12)24-14-5-3-2-4-6-14/h2-11H,1H3,(H2,22,23,24,25). The number of halogens is 3. The van der Waals surface area contributed by atoms with E-state index in [0.717, 1.165) is 23.5 Å². The lowest BCUT2D eigenvalue weighted by atomic mass is 10.2. The smallest absolute Gasteiger partial charge is 0.340 e. The SMILES string of the molecule is Cc1cc(Nc2ccc(C(F)(F)F)cc2)nc(Nc2ccccc2)n1. The molecule has 1 aromatic heterocycles. The quantitative estimate of drug-likeness (QED) is 0.675. The Balaban J connectivity index is 1.78. The van der Waals surface area contributed by atoms with E-state index in [1.807, 2.05) is 37.3 Å². The summed E-state index contributed by atoms with van der Waals surface area (Å²) in [4.78, 5) is 8.65. The van der Waals surface area contributed by atoms with Gasteiger partial charge in [0.05, 0.1) is 5.56 Å². The van der Waals surface area contributed by atoms with Crippen LogP contribution in [0.25, 0.3) is 0 Å². The summed E-state index contributed by atoms with van der Waals surface area (Å²) in [7, 11) is 0. The fourth-order valence-electron chi connectivity index (χ4n) is 2.23. The van der Waals surface area contributed by atoms with E-state index >= 15 is 0 Å². The first kappa shape index (κ1) is 16.8. The summed E-state index contributed by atoms with van der Waals surface area (Å²) < 4.78 is 37.8. The molecule has 2 aromatic carbocycles. The summed E-state index contributed by atoms with van der Waals surface area (Å²) in [5.74, 6) is 0.895. The van der Waals surface area contributed by atoms with Gasteiger partial charge in [0.2, 0.25) is 5.95 Å². The van der Waals surface area contributed by atoms with Crippen LogP contribution in [-0.2, 0) is 6.18 Å². The Morgan fingerprint density at radius 3 is 2.08 bits per heavy atom. The summed E-state index contributed by atoms with van der Waals surface area (Å²) >= 11 is 0. The van der Waals surface area contributed by atoms with Crippen molar-refractivity contribution < 1.29 is 13.2 Å². The molecule has 2 N–H and O–H groups in total. The largest absolute Gasteiger partial charge is 0.416 e. The molecule has 0 radical (unpaired) electrons. The number of alkyl halides is 3. The summed E-state index contributed by atoms with van der Waals surface area (Å²) in [6, 6.07) is 15.9. The summed E-state index contributed by atoms with van der Waals surface area (Å²) in [6.45, 7) is 1.82. The summed E-state index contributed by atoms with van der Waals surface area (Å²) in [5.41, 5.74) is 1.39. The number of anilines is 4. The Morgan fingerprint density at radius 1 is 0.800 bits per heavy atom. The second kappa shape index (κ2) is 6.80. The molecule has 0 saturated carbocycles. The highest BCUT2D eigenvalue weighted by Gasteiger charge is 2.29. The Labute approximate surface area is 142 Å². The van der Waals surface area contributed by atoms with E-state index < -0.39 is 11.7 Å². The Kier molecular flexibility index (Phi) is 4.56. The van der Waals surface area contributed by atoms with Gasteiger partial charge >= 0.3 is 6.18 Å². The van der Waals surface area contributed by atoms with Crippen molar-refractivity contribution in [3.05, 3.63) is 71.9 Å². The maximum atomic E-state index is 12.6. The number of hydrogen-bond acceptors (Lipinski definition) is 4. The molecule has 0 fully saturated rings. The van der Waals surface area contributed by atoms with Crippen LogP contribution in [0.2, 0.25) is 0 Å². The van der Waals surface area contributed by atoms with E-state index in [4.69, 9.17) is 0 Å². The monoisotopic (exact) mass is 344 g/mol. The topological polar surface area (TPSA) is 49.8 Å². The average molecular weight is 344 g/mol. The zero-order valence-corrected chi connectivity index (χ0v) is 13.3. The molecule has 7 heteroatoms. The number of nitrogens with zero attached hydrogens (tertiary/aromatic N) is 2. The van der Waals surface area contributed by atoms with Gasteiger partial charge in [-0.05, 0) is 43.3 Å². The number of rotatable bonds is 4. The minimum absolute atomic E-state index is 0.403. The van der Waals surface area contributed by atoms with Crippen molar-refractivity contribution >= 4 is 23.1 Å².